The van der Waals surface area contributed by atoms with Crippen LogP contribution in [0.5, 0.6) is 11.5 Å². The number of hydrogen-bond donors (Lipinski definition) is 1. The van der Waals surface area contributed by atoms with E-state index in [1.54, 1.807) is 30.6 Å². The number of benzene rings is 3. The maximum atomic E-state index is 12.7. The third-order valence-corrected chi connectivity index (χ3v) is 4.88. The molecule has 0 bridgehead atoms. The average Bonchev–Trinajstić information content (AvgIpc) is 3.19. The van der Waals surface area contributed by atoms with Gasteiger partial charge in [0, 0.05) is 23.4 Å². The lowest BCUT2D eigenvalue weighted by molar-refractivity contribution is 0.102. The van der Waals surface area contributed by atoms with Crippen molar-refractivity contribution in [3.63, 3.8) is 0 Å². The third kappa shape index (κ3) is 3.62. The number of halogens is 1. The monoisotopic (exact) mass is 407 g/mol. The summed E-state index contributed by atoms with van der Waals surface area (Å²) in [4.78, 5) is 17.1. The molecule has 1 N–H and O–H groups in total. The number of para-hydroxylation sites is 2. The number of amides is 1. The zero-order chi connectivity index (χ0) is 20.4. The lowest BCUT2D eigenvalue weighted by Crippen LogP contribution is -2.13. The highest BCUT2D eigenvalue weighted by molar-refractivity contribution is 6.32. The molecular weight excluding hydrogens is 390 g/mol. The van der Waals surface area contributed by atoms with E-state index in [-0.39, 0.29) is 5.91 Å². The molecule has 3 aromatic carbocycles. The molecule has 7 heteroatoms. The van der Waals surface area contributed by atoms with Crippen LogP contribution >= 0.6 is 11.6 Å². The summed E-state index contributed by atoms with van der Waals surface area (Å²) in [5, 5.41) is 3.24. The van der Waals surface area contributed by atoms with Crippen molar-refractivity contribution in [2.45, 2.75) is 0 Å². The molecule has 0 atom stereocenters. The van der Waals surface area contributed by atoms with E-state index in [0.29, 0.717) is 27.8 Å². The maximum absolute atomic E-state index is 12.7. The summed E-state index contributed by atoms with van der Waals surface area (Å²) in [5.74, 6) is 0.630. The van der Waals surface area contributed by atoms with Gasteiger partial charge in [-0.15, -0.1) is 0 Å². The number of rotatable bonds is 5. The molecule has 1 amide bonds. The van der Waals surface area contributed by atoms with Crippen molar-refractivity contribution in [2.75, 3.05) is 19.5 Å². The van der Waals surface area contributed by atoms with Gasteiger partial charge in [-0.1, -0.05) is 23.7 Å². The van der Waals surface area contributed by atoms with Gasteiger partial charge in [-0.2, -0.15) is 0 Å². The second-order valence-corrected chi connectivity index (χ2v) is 6.70. The number of anilines is 1. The van der Waals surface area contributed by atoms with E-state index in [4.69, 9.17) is 21.1 Å². The van der Waals surface area contributed by atoms with Gasteiger partial charge in [0.2, 0.25) is 0 Å². The summed E-state index contributed by atoms with van der Waals surface area (Å²) in [6, 6.07) is 18.4. The zero-order valence-corrected chi connectivity index (χ0v) is 16.6. The van der Waals surface area contributed by atoms with Crippen molar-refractivity contribution in [2.24, 2.45) is 0 Å². The fourth-order valence-corrected chi connectivity index (χ4v) is 3.32. The van der Waals surface area contributed by atoms with Crippen LogP contribution in [0.3, 0.4) is 0 Å². The smallest absolute Gasteiger partial charge is 0.255 e. The fraction of sp³-hybridized carbons (Fsp3) is 0.0909. The highest BCUT2D eigenvalue weighted by atomic mass is 35.5. The Bertz CT molecular complexity index is 1190. The van der Waals surface area contributed by atoms with E-state index >= 15 is 0 Å². The Morgan fingerprint density at radius 3 is 2.45 bits per heavy atom. The van der Waals surface area contributed by atoms with Gasteiger partial charge >= 0.3 is 0 Å². The molecule has 4 rings (SSSR count). The van der Waals surface area contributed by atoms with Crippen molar-refractivity contribution >= 4 is 34.2 Å². The first-order valence-electron chi connectivity index (χ1n) is 8.86. The Morgan fingerprint density at radius 1 is 1.00 bits per heavy atom. The number of hydrogen-bond acceptors (Lipinski definition) is 4. The Labute approximate surface area is 172 Å². The van der Waals surface area contributed by atoms with Crippen molar-refractivity contribution in [3.8, 4) is 17.2 Å². The molecule has 0 spiro atoms. The molecule has 6 nitrogen and oxygen atoms in total. The van der Waals surface area contributed by atoms with Crippen LogP contribution in [0.2, 0.25) is 5.02 Å². The predicted octanol–water partition coefficient (Wildman–Crippen LogP) is 4.95. The van der Waals surface area contributed by atoms with Crippen molar-refractivity contribution in [1.82, 2.24) is 9.55 Å². The summed E-state index contributed by atoms with van der Waals surface area (Å²) in [5.41, 5.74) is 3.82. The molecule has 0 aliphatic carbocycles. The number of methoxy groups -OCH3 is 2. The first-order valence-corrected chi connectivity index (χ1v) is 9.24. The predicted molar refractivity (Wildman–Crippen MR) is 114 cm³/mol. The highest BCUT2D eigenvalue weighted by Crippen LogP contribution is 2.36. The Hall–Kier alpha value is -3.51. The maximum Gasteiger partial charge on any atom is 0.255 e. The average molecular weight is 408 g/mol. The highest BCUT2D eigenvalue weighted by Gasteiger charge is 2.14. The van der Waals surface area contributed by atoms with E-state index in [0.717, 1.165) is 16.7 Å². The molecular formula is C22H18ClN3O3. The molecule has 0 aliphatic heterocycles. The molecule has 1 heterocycles. The number of carbonyl (C=O) groups excluding carboxylic acids is 1. The summed E-state index contributed by atoms with van der Waals surface area (Å²) < 4.78 is 12.5. The van der Waals surface area contributed by atoms with Gasteiger partial charge < -0.3 is 14.8 Å². The topological polar surface area (TPSA) is 65.4 Å². The summed E-state index contributed by atoms with van der Waals surface area (Å²) in [7, 11) is 3.02. The second kappa shape index (κ2) is 7.85. The lowest BCUT2D eigenvalue weighted by Gasteiger charge is -2.13. The molecule has 0 aliphatic rings. The molecule has 1 aromatic heterocycles. The molecule has 29 heavy (non-hydrogen) atoms. The Morgan fingerprint density at radius 2 is 1.72 bits per heavy atom. The number of fused-ring (bicyclic) bond motifs is 1. The van der Waals surface area contributed by atoms with Gasteiger partial charge in [-0.25, -0.2) is 4.98 Å². The van der Waals surface area contributed by atoms with Gasteiger partial charge in [-0.3, -0.25) is 9.36 Å². The van der Waals surface area contributed by atoms with E-state index in [1.807, 2.05) is 41.0 Å². The molecule has 0 unspecified atom stereocenters. The minimum Gasteiger partial charge on any atom is -0.495 e. The van der Waals surface area contributed by atoms with E-state index < -0.39 is 0 Å². The zero-order valence-electron chi connectivity index (χ0n) is 15.8. The van der Waals surface area contributed by atoms with Crippen LogP contribution < -0.4 is 14.8 Å². The first-order chi connectivity index (χ1) is 14.1. The second-order valence-electron chi connectivity index (χ2n) is 6.29. The molecule has 0 saturated heterocycles. The molecule has 0 fully saturated rings. The van der Waals surface area contributed by atoms with Gasteiger partial charge in [-0.05, 0) is 36.4 Å². The van der Waals surface area contributed by atoms with Crippen LogP contribution in [-0.4, -0.2) is 29.7 Å². The van der Waals surface area contributed by atoms with Crippen molar-refractivity contribution in [3.05, 3.63) is 77.6 Å². The van der Waals surface area contributed by atoms with Crippen LogP contribution in [0.25, 0.3) is 16.7 Å². The quantitative estimate of drug-likeness (QED) is 0.508. The number of carbonyl (C=O) groups is 1. The SMILES string of the molecule is COc1cc(NC(=O)c2ccc(-n3cnc4ccccc43)cc2)c(OC)cc1Cl. The third-order valence-electron chi connectivity index (χ3n) is 4.58. The molecule has 4 aromatic rings. The van der Waals surface area contributed by atoms with Crippen molar-refractivity contribution < 1.29 is 14.3 Å². The lowest BCUT2D eigenvalue weighted by atomic mass is 10.1. The fourth-order valence-electron chi connectivity index (χ4n) is 3.09. The number of aromatic nitrogens is 2. The molecule has 0 radical (unpaired) electrons. The van der Waals surface area contributed by atoms with E-state index in [1.165, 1.54) is 14.2 Å². The van der Waals surface area contributed by atoms with E-state index in [9.17, 15) is 4.79 Å². The van der Waals surface area contributed by atoms with Crippen LogP contribution in [-0.2, 0) is 0 Å². The van der Waals surface area contributed by atoms with Crippen molar-refractivity contribution in [1.29, 1.82) is 0 Å². The number of nitrogens with one attached hydrogen (secondary N) is 1. The van der Waals surface area contributed by atoms with Crippen LogP contribution in [0.1, 0.15) is 10.4 Å². The number of imidazole rings is 1. The molecule has 146 valence electrons. The largest absolute Gasteiger partial charge is 0.495 e. The summed E-state index contributed by atoms with van der Waals surface area (Å²) in [6.45, 7) is 0. The summed E-state index contributed by atoms with van der Waals surface area (Å²) in [6.07, 6.45) is 1.77. The Kier molecular flexibility index (Phi) is 5.10. The van der Waals surface area contributed by atoms with Crippen LogP contribution in [0.15, 0.2) is 67.0 Å². The van der Waals surface area contributed by atoms with Gasteiger partial charge in [0.1, 0.15) is 17.8 Å². The van der Waals surface area contributed by atoms with Crippen LogP contribution in [0, 0.1) is 0 Å². The number of ether oxygens (including phenoxy) is 2. The minimum atomic E-state index is -0.269. The van der Waals surface area contributed by atoms with Crippen LogP contribution in [0.4, 0.5) is 5.69 Å². The molecule has 0 saturated carbocycles. The standard InChI is InChI=1S/C22H18ClN3O3/c1-28-20-12-18(21(29-2)11-16(20)23)25-22(27)14-7-9-15(10-8-14)26-13-24-17-5-3-4-6-19(17)26/h3-13H,1-2H3,(H,25,27). The minimum absolute atomic E-state index is 0.269. The van der Waals surface area contributed by atoms with E-state index in [2.05, 4.69) is 10.3 Å². The normalized spacial score (nSPS) is 10.7. The summed E-state index contributed by atoms with van der Waals surface area (Å²) >= 11 is 6.12. The van der Waals surface area contributed by atoms with Gasteiger partial charge in [0.05, 0.1) is 36.0 Å². The van der Waals surface area contributed by atoms with Gasteiger partial charge in [0.15, 0.2) is 0 Å². The number of nitrogens with zero attached hydrogens (tertiary/aromatic N) is 2. The first kappa shape index (κ1) is 18.8. The Balaban J connectivity index is 1.59. The van der Waals surface area contributed by atoms with Gasteiger partial charge in [0.25, 0.3) is 5.91 Å².